The van der Waals surface area contributed by atoms with Crippen molar-refractivity contribution >= 4 is 0 Å². The molecule has 2 N–H and O–H groups in total. The second kappa shape index (κ2) is 7.14. The lowest BCUT2D eigenvalue weighted by Gasteiger charge is -2.13. The van der Waals surface area contributed by atoms with E-state index in [2.05, 4.69) is 0 Å². The van der Waals surface area contributed by atoms with Gasteiger partial charge in [0, 0.05) is 12.6 Å². The minimum atomic E-state index is 0.128. The summed E-state index contributed by atoms with van der Waals surface area (Å²) in [6, 6.07) is 5.96. The van der Waals surface area contributed by atoms with Gasteiger partial charge < -0.3 is 19.9 Å². The van der Waals surface area contributed by atoms with Crippen LogP contribution in [0.1, 0.15) is 19.4 Å². The third-order valence-corrected chi connectivity index (χ3v) is 2.29. The summed E-state index contributed by atoms with van der Waals surface area (Å²) >= 11 is 0. The fourth-order valence-electron chi connectivity index (χ4n) is 1.52. The van der Waals surface area contributed by atoms with Gasteiger partial charge in [0.1, 0.15) is 0 Å². The molecule has 96 valence electrons. The van der Waals surface area contributed by atoms with Crippen LogP contribution in [-0.4, -0.2) is 26.6 Å². The van der Waals surface area contributed by atoms with Crippen molar-refractivity contribution in [2.24, 2.45) is 5.73 Å². The van der Waals surface area contributed by atoms with Gasteiger partial charge in [-0.15, -0.1) is 0 Å². The topological polar surface area (TPSA) is 53.7 Å². The highest BCUT2D eigenvalue weighted by Gasteiger charge is 2.07. The Morgan fingerprint density at radius 3 is 2.65 bits per heavy atom. The van der Waals surface area contributed by atoms with Crippen LogP contribution in [0.3, 0.4) is 0 Å². The number of benzene rings is 1. The highest BCUT2D eigenvalue weighted by molar-refractivity contribution is 5.43. The van der Waals surface area contributed by atoms with Gasteiger partial charge in [0.15, 0.2) is 18.3 Å². The quantitative estimate of drug-likeness (QED) is 0.583. The lowest BCUT2D eigenvalue weighted by Crippen LogP contribution is -2.17. The normalized spacial score (nSPS) is 12.2. The van der Waals surface area contributed by atoms with Gasteiger partial charge in [0.05, 0.1) is 7.11 Å². The molecule has 0 amide bonds. The zero-order chi connectivity index (χ0) is 12.7. The summed E-state index contributed by atoms with van der Waals surface area (Å²) in [5, 5.41) is 0. The molecule has 0 fully saturated rings. The summed E-state index contributed by atoms with van der Waals surface area (Å²) in [6.07, 6.45) is 0.814. The average Bonchev–Trinajstić information content (AvgIpc) is 2.29. The predicted molar refractivity (Wildman–Crippen MR) is 67.5 cm³/mol. The van der Waals surface area contributed by atoms with Crippen molar-refractivity contribution in [3.05, 3.63) is 23.8 Å². The Hall–Kier alpha value is -1.26. The van der Waals surface area contributed by atoms with Crippen LogP contribution in [0.5, 0.6) is 11.5 Å². The second-order valence-electron chi connectivity index (χ2n) is 3.92. The lowest BCUT2D eigenvalue weighted by molar-refractivity contribution is 0.0208. The number of rotatable bonds is 7. The molecule has 0 radical (unpaired) electrons. The molecule has 0 heterocycles. The molecule has 0 aliphatic rings. The molecule has 1 aromatic carbocycles. The van der Waals surface area contributed by atoms with Gasteiger partial charge in [-0.3, -0.25) is 0 Å². The van der Waals surface area contributed by atoms with E-state index in [1.807, 2.05) is 32.0 Å². The lowest BCUT2D eigenvalue weighted by atomic mass is 10.1. The molecule has 0 aromatic heterocycles. The van der Waals surface area contributed by atoms with Crippen LogP contribution in [0.25, 0.3) is 0 Å². The van der Waals surface area contributed by atoms with E-state index in [0.29, 0.717) is 18.1 Å². The fraction of sp³-hybridized carbons (Fsp3) is 0.538. The van der Waals surface area contributed by atoms with Crippen molar-refractivity contribution in [3.8, 4) is 11.5 Å². The number of ether oxygens (including phenoxy) is 3. The van der Waals surface area contributed by atoms with Crippen molar-refractivity contribution in [2.45, 2.75) is 26.3 Å². The third-order valence-electron chi connectivity index (χ3n) is 2.29. The molecular formula is C13H21NO3. The summed E-state index contributed by atoms with van der Waals surface area (Å²) in [4.78, 5) is 0. The monoisotopic (exact) mass is 239 g/mol. The van der Waals surface area contributed by atoms with E-state index in [1.165, 1.54) is 0 Å². The van der Waals surface area contributed by atoms with Crippen LogP contribution >= 0.6 is 0 Å². The first kappa shape index (κ1) is 13.8. The third kappa shape index (κ3) is 4.63. The van der Waals surface area contributed by atoms with Crippen LogP contribution in [0, 0.1) is 0 Å². The Morgan fingerprint density at radius 2 is 2.06 bits per heavy atom. The Bertz CT molecular complexity index is 339. The molecule has 0 saturated heterocycles. The number of hydrogen-bond donors (Lipinski definition) is 1. The van der Waals surface area contributed by atoms with Crippen LogP contribution in [0.4, 0.5) is 0 Å². The SMILES string of the molecule is CCOCOc1cc(CC(C)N)ccc1OC. The number of nitrogens with two attached hydrogens (primary N) is 1. The highest BCUT2D eigenvalue weighted by Crippen LogP contribution is 2.28. The molecule has 1 unspecified atom stereocenters. The summed E-state index contributed by atoms with van der Waals surface area (Å²) in [7, 11) is 1.62. The van der Waals surface area contributed by atoms with Gasteiger partial charge in [-0.25, -0.2) is 0 Å². The predicted octanol–water partition coefficient (Wildman–Crippen LogP) is 1.96. The molecule has 1 aromatic rings. The van der Waals surface area contributed by atoms with Crippen LogP contribution in [0.15, 0.2) is 18.2 Å². The first-order valence-electron chi connectivity index (χ1n) is 5.80. The maximum Gasteiger partial charge on any atom is 0.189 e. The summed E-state index contributed by atoms with van der Waals surface area (Å²) in [5.74, 6) is 1.40. The second-order valence-corrected chi connectivity index (χ2v) is 3.92. The number of hydrogen-bond acceptors (Lipinski definition) is 4. The van der Waals surface area contributed by atoms with E-state index in [1.54, 1.807) is 7.11 Å². The molecule has 0 aliphatic carbocycles. The van der Waals surface area contributed by atoms with Crippen molar-refractivity contribution in [3.63, 3.8) is 0 Å². The molecule has 1 rings (SSSR count). The van der Waals surface area contributed by atoms with Gasteiger partial charge in [-0.05, 0) is 38.0 Å². The summed E-state index contributed by atoms with van der Waals surface area (Å²) in [5.41, 5.74) is 6.90. The zero-order valence-corrected chi connectivity index (χ0v) is 10.7. The van der Waals surface area contributed by atoms with E-state index in [9.17, 15) is 0 Å². The first-order valence-corrected chi connectivity index (χ1v) is 5.80. The molecule has 4 nitrogen and oxygen atoms in total. The molecular weight excluding hydrogens is 218 g/mol. The van der Waals surface area contributed by atoms with Gasteiger partial charge in [0.25, 0.3) is 0 Å². The van der Waals surface area contributed by atoms with E-state index in [0.717, 1.165) is 12.0 Å². The first-order chi connectivity index (χ1) is 8.17. The fourth-order valence-corrected chi connectivity index (χ4v) is 1.52. The van der Waals surface area contributed by atoms with Crippen LogP contribution in [0.2, 0.25) is 0 Å². The minimum absolute atomic E-state index is 0.128. The van der Waals surface area contributed by atoms with Gasteiger partial charge in [0.2, 0.25) is 0 Å². The van der Waals surface area contributed by atoms with E-state index < -0.39 is 0 Å². The van der Waals surface area contributed by atoms with Crippen molar-refractivity contribution in [1.29, 1.82) is 0 Å². The molecule has 4 heteroatoms. The Labute approximate surface area is 103 Å². The summed E-state index contributed by atoms with van der Waals surface area (Å²) < 4.78 is 15.9. The zero-order valence-electron chi connectivity index (χ0n) is 10.7. The van der Waals surface area contributed by atoms with E-state index >= 15 is 0 Å². The number of methoxy groups -OCH3 is 1. The Kier molecular flexibility index (Phi) is 5.80. The maximum atomic E-state index is 5.77. The highest BCUT2D eigenvalue weighted by atomic mass is 16.7. The van der Waals surface area contributed by atoms with E-state index in [-0.39, 0.29) is 12.8 Å². The van der Waals surface area contributed by atoms with Gasteiger partial charge in [-0.1, -0.05) is 6.07 Å². The van der Waals surface area contributed by atoms with Gasteiger partial charge >= 0.3 is 0 Å². The molecule has 0 aliphatic heterocycles. The molecule has 0 saturated carbocycles. The Balaban J connectivity index is 2.75. The van der Waals surface area contributed by atoms with E-state index in [4.69, 9.17) is 19.9 Å². The standard InChI is InChI=1S/C13H21NO3/c1-4-16-9-17-13-8-11(7-10(2)14)5-6-12(13)15-3/h5-6,8,10H,4,7,9,14H2,1-3H3. The smallest absolute Gasteiger partial charge is 0.189 e. The molecule has 0 spiro atoms. The largest absolute Gasteiger partial charge is 0.493 e. The molecule has 17 heavy (non-hydrogen) atoms. The van der Waals surface area contributed by atoms with Crippen LogP contribution < -0.4 is 15.2 Å². The van der Waals surface area contributed by atoms with Gasteiger partial charge in [-0.2, -0.15) is 0 Å². The molecule has 0 bridgehead atoms. The van der Waals surface area contributed by atoms with Crippen molar-refractivity contribution in [2.75, 3.05) is 20.5 Å². The minimum Gasteiger partial charge on any atom is -0.493 e. The van der Waals surface area contributed by atoms with Crippen LogP contribution in [-0.2, 0) is 11.2 Å². The van der Waals surface area contributed by atoms with Crippen molar-refractivity contribution < 1.29 is 14.2 Å². The Morgan fingerprint density at radius 1 is 1.29 bits per heavy atom. The maximum absolute atomic E-state index is 5.77. The molecule has 1 atom stereocenters. The average molecular weight is 239 g/mol. The van der Waals surface area contributed by atoms with Crippen molar-refractivity contribution in [1.82, 2.24) is 0 Å². The summed E-state index contributed by atoms with van der Waals surface area (Å²) in [6.45, 7) is 4.76.